The number of aryl methyl sites for hydroxylation is 2. The summed E-state index contributed by atoms with van der Waals surface area (Å²) in [5.41, 5.74) is 3.76. The number of guanidine groups is 1. The van der Waals surface area contributed by atoms with Crippen LogP contribution in [-0.4, -0.2) is 55.0 Å². The standard InChI is InChI=1S/C20H29N5O2.HI/c1-15-12-23-25(13-15)8-5-7-22-20(21-2)24-9-6-16-10-18(26-3)19(27-4)11-17(16)14-24;/h10-13H,5-9,14H2,1-4H3,(H,21,22);1H. The number of aromatic nitrogens is 2. The van der Waals surface area contributed by atoms with Gasteiger partial charge in [-0.25, -0.2) is 0 Å². The maximum Gasteiger partial charge on any atom is 0.193 e. The van der Waals surface area contributed by atoms with Crippen LogP contribution in [0.25, 0.3) is 0 Å². The molecular weight excluding hydrogens is 469 g/mol. The summed E-state index contributed by atoms with van der Waals surface area (Å²) in [6.45, 7) is 5.56. The molecule has 0 spiro atoms. The van der Waals surface area contributed by atoms with Crippen molar-refractivity contribution in [1.82, 2.24) is 20.0 Å². The maximum absolute atomic E-state index is 5.45. The van der Waals surface area contributed by atoms with Gasteiger partial charge in [0.1, 0.15) is 0 Å². The average Bonchev–Trinajstić information content (AvgIpc) is 3.11. The number of rotatable bonds is 6. The van der Waals surface area contributed by atoms with E-state index in [1.807, 2.05) is 17.9 Å². The van der Waals surface area contributed by atoms with Crippen molar-refractivity contribution < 1.29 is 9.47 Å². The lowest BCUT2D eigenvalue weighted by Gasteiger charge is -2.32. The molecule has 1 aliphatic heterocycles. The first kappa shape index (κ1) is 22.3. The van der Waals surface area contributed by atoms with Crippen LogP contribution >= 0.6 is 24.0 Å². The fourth-order valence-corrected chi connectivity index (χ4v) is 3.43. The van der Waals surface area contributed by atoms with Gasteiger partial charge in [0.05, 0.1) is 20.4 Å². The van der Waals surface area contributed by atoms with Crippen molar-refractivity contribution in [3.63, 3.8) is 0 Å². The van der Waals surface area contributed by atoms with Crippen molar-refractivity contribution in [2.45, 2.75) is 32.9 Å². The van der Waals surface area contributed by atoms with E-state index in [4.69, 9.17) is 9.47 Å². The molecule has 2 aromatic rings. The second kappa shape index (κ2) is 10.5. The summed E-state index contributed by atoms with van der Waals surface area (Å²) in [5.74, 6) is 2.50. The van der Waals surface area contributed by atoms with Gasteiger partial charge in [-0.15, -0.1) is 24.0 Å². The minimum atomic E-state index is 0. The van der Waals surface area contributed by atoms with Gasteiger partial charge in [0.2, 0.25) is 0 Å². The first-order valence-corrected chi connectivity index (χ1v) is 9.33. The Morgan fingerprint density at radius 3 is 2.54 bits per heavy atom. The molecule has 0 saturated heterocycles. The molecule has 8 heteroatoms. The van der Waals surface area contributed by atoms with E-state index in [1.165, 1.54) is 16.7 Å². The Labute approximate surface area is 184 Å². The Bertz CT molecular complexity index is 806. The van der Waals surface area contributed by atoms with Crippen molar-refractivity contribution >= 4 is 29.9 Å². The van der Waals surface area contributed by atoms with E-state index < -0.39 is 0 Å². The fraction of sp³-hybridized carbons (Fsp3) is 0.500. The van der Waals surface area contributed by atoms with Crippen LogP contribution in [0, 0.1) is 6.92 Å². The first-order valence-electron chi connectivity index (χ1n) is 9.33. The van der Waals surface area contributed by atoms with Gasteiger partial charge in [-0.05, 0) is 48.6 Å². The number of benzene rings is 1. The summed E-state index contributed by atoms with van der Waals surface area (Å²) in [6.07, 6.45) is 5.91. The van der Waals surface area contributed by atoms with Gasteiger partial charge in [0.25, 0.3) is 0 Å². The van der Waals surface area contributed by atoms with Gasteiger partial charge in [-0.2, -0.15) is 5.10 Å². The molecule has 7 nitrogen and oxygen atoms in total. The smallest absolute Gasteiger partial charge is 0.193 e. The van der Waals surface area contributed by atoms with E-state index in [-0.39, 0.29) is 24.0 Å². The Balaban J connectivity index is 0.00000280. The normalized spacial score (nSPS) is 13.6. The Morgan fingerprint density at radius 2 is 1.93 bits per heavy atom. The predicted molar refractivity (Wildman–Crippen MR) is 122 cm³/mol. The summed E-state index contributed by atoms with van der Waals surface area (Å²) >= 11 is 0. The maximum atomic E-state index is 5.45. The van der Waals surface area contributed by atoms with E-state index in [1.54, 1.807) is 14.2 Å². The molecule has 0 radical (unpaired) electrons. The van der Waals surface area contributed by atoms with Gasteiger partial charge < -0.3 is 19.7 Å². The van der Waals surface area contributed by atoms with Crippen molar-refractivity contribution in [2.75, 3.05) is 34.4 Å². The second-order valence-corrected chi connectivity index (χ2v) is 6.76. The number of halogens is 1. The number of aliphatic imine (C=N–C) groups is 1. The number of fused-ring (bicyclic) bond motifs is 1. The zero-order valence-corrected chi connectivity index (χ0v) is 19.4. The highest BCUT2D eigenvalue weighted by molar-refractivity contribution is 14.0. The Hall–Kier alpha value is -1.97. The van der Waals surface area contributed by atoms with Gasteiger partial charge in [-0.3, -0.25) is 9.67 Å². The molecule has 1 aliphatic rings. The fourth-order valence-electron chi connectivity index (χ4n) is 3.43. The predicted octanol–water partition coefficient (Wildman–Crippen LogP) is 2.85. The summed E-state index contributed by atoms with van der Waals surface area (Å²) in [4.78, 5) is 6.75. The number of methoxy groups -OCH3 is 2. The van der Waals surface area contributed by atoms with E-state index in [0.717, 1.165) is 56.5 Å². The molecule has 154 valence electrons. The Morgan fingerprint density at radius 1 is 1.21 bits per heavy atom. The number of nitrogens with one attached hydrogen (secondary N) is 1. The highest BCUT2D eigenvalue weighted by Gasteiger charge is 2.21. The van der Waals surface area contributed by atoms with Crippen LogP contribution in [0.15, 0.2) is 29.5 Å². The van der Waals surface area contributed by atoms with Crippen molar-refractivity contribution in [1.29, 1.82) is 0 Å². The SMILES string of the molecule is CN=C(NCCCn1cc(C)cn1)N1CCc2cc(OC)c(OC)cc2C1.I. The van der Waals surface area contributed by atoms with Crippen LogP contribution < -0.4 is 14.8 Å². The molecule has 0 amide bonds. The molecule has 0 aliphatic carbocycles. The minimum Gasteiger partial charge on any atom is -0.493 e. The molecule has 2 heterocycles. The third kappa shape index (κ3) is 5.30. The highest BCUT2D eigenvalue weighted by Crippen LogP contribution is 2.33. The molecule has 0 unspecified atom stereocenters. The average molecular weight is 499 g/mol. The summed E-state index contributed by atoms with van der Waals surface area (Å²) < 4.78 is 12.9. The first-order chi connectivity index (χ1) is 13.1. The minimum absolute atomic E-state index is 0. The lowest BCUT2D eigenvalue weighted by Crippen LogP contribution is -2.44. The van der Waals surface area contributed by atoms with Crippen molar-refractivity contribution in [3.05, 3.63) is 41.2 Å². The van der Waals surface area contributed by atoms with Crippen molar-refractivity contribution in [2.24, 2.45) is 4.99 Å². The van der Waals surface area contributed by atoms with Crippen LogP contribution in [0.3, 0.4) is 0 Å². The van der Waals surface area contributed by atoms with Crippen LogP contribution in [0.1, 0.15) is 23.1 Å². The van der Waals surface area contributed by atoms with Gasteiger partial charge in [0.15, 0.2) is 17.5 Å². The van der Waals surface area contributed by atoms with E-state index in [0.29, 0.717) is 0 Å². The van der Waals surface area contributed by atoms with Crippen LogP contribution in [0.4, 0.5) is 0 Å². The number of hydrogen-bond donors (Lipinski definition) is 1. The summed E-state index contributed by atoms with van der Waals surface area (Å²) in [7, 11) is 5.19. The third-order valence-electron chi connectivity index (χ3n) is 4.84. The van der Waals surface area contributed by atoms with Gasteiger partial charge in [0, 0.05) is 39.4 Å². The lowest BCUT2D eigenvalue weighted by atomic mass is 9.99. The van der Waals surface area contributed by atoms with E-state index in [2.05, 4.69) is 45.6 Å². The van der Waals surface area contributed by atoms with E-state index in [9.17, 15) is 0 Å². The third-order valence-corrected chi connectivity index (χ3v) is 4.84. The molecule has 1 aromatic heterocycles. The topological polar surface area (TPSA) is 63.9 Å². The van der Waals surface area contributed by atoms with Gasteiger partial charge >= 0.3 is 0 Å². The van der Waals surface area contributed by atoms with E-state index >= 15 is 0 Å². The molecule has 0 atom stereocenters. The molecule has 3 rings (SSSR count). The summed E-state index contributed by atoms with van der Waals surface area (Å²) in [6, 6.07) is 4.17. The molecule has 1 N–H and O–H groups in total. The van der Waals surface area contributed by atoms with Crippen LogP contribution in [0.2, 0.25) is 0 Å². The largest absolute Gasteiger partial charge is 0.493 e. The monoisotopic (exact) mass is 499 g/mol. The van der Waals surface area contributed by atoms with Crippen LogP contribution in [0.5, 0.6) is 11.5 Å². The zero-order chi connectivity index (χ0) is 19.2. The number of ether oxygens (including phenoxy) is 2. The quantitative estimate of drug-likeness (QED) is 0.287. The summed E-state index contributed by atoms with van der Waals surface area (Å²) in [5, 5.41) is 7.80. The highest BCUT2D eigenvalue weighted by atomic mass is 127. The molecule has 0 fully saturated rings. The number of hydrogen-bond acceptors (Lipinski definition) is 4. The number of nitrogens with zero attached hydrogens (tertiary/aromatic N) is 4. The zero-order valence-electron chi connectivity index (χ0n) is 17.1. The van der Waals surface area contributed by atoms with Gasteiger partial charge in [-0.1, -0.05) is 0 Å². The molecule has 0 saturated carbocycles. The molecule has 28 heavy (non-hydrogen) atoms. The molecule has 0 bridgehead atoms. The van der Waals surface area contributed by atoms with Crippen LogP contribution in [-0.2, 0) is 19.5 Å². The lowest BCUT2D eigenvalue weighted by molar-refractivity contribution is 0.345. The molecule has 1 aromatic carbocycles. The van der Waals surface area contributed by atoms with Crippen molar-refractivity contribution in [3.8, 4) is 11.5 Å². The molecular formula is C20H30IN5O2. The Kier molecular flexibility index (Phi) is 8.40. The second-order valence-electron chi connectivity index (χ2n) is 6.76.